The van der Waals surface area contributed by atoms with Gasteiger partial charge in [-0.1, -0.05) is 6.42 Å². The number of aryl methyl sites for hydroxylation is 1. The molecule has 2 rings (SSSR count). The minimum atomic E-state index is 0.752. The van der Waals surface area contributed by atoms with E-state index in [9.17, 15) is 0 Å². The fourth-order valence-corrected chi connectivity index (χ4v) is 2.29. The second kappa shape index (κ2) is 5.42. The van der Waals surface area contributed by atoms with Gasteiger partial charge in [0.1, 0.15) is 11.6 Å². The molecule has 0 aliphatic heterocycles. The number of nitrogens with two attached hydrogens (primary N) is 1. The molecule has 1 aliphatic rings. The van der Waals surface area contributed by atoms with Gasteiger partial charge in [0.05, 0.1) is 6.54 Å². The first-order valence-corrected chi connectivity index (χ1v) is 6.20. The third-order valence-corrected chi connectivity index (χ3v) is 3.07. The normalized spacial score (nSPS) is 15.5. The monoisotopic (exact) mass is 235 g/mol. The van der Waals surface area contributed by atoms with E-state index in [2.05, 4.69) is 20.3 Å². The van der Waals surface area contributed by atoms with Crippen LogP contribution in [-0.4, -0.2) is 29.0 Å². The zero-order chi connectivity index (χ0) is 12.3. The zero-order valence-corrected chi connectivity index (χ0v) is 10.7. The summed E-state index contributed by atoms with van der Waals surface area (Å²) >= 11 is 0. The molecule has 0 saturated heterocycles. The third kappa shape index (κ3) is 2.92. The molecule has 17 heavy (non-hydrogen) atoms. The first-order valence-electron chi connectivity index (χ1n) is 6.20. The van der Waals surface area contributed by atoms with Crippen LogP contribution in [0.1, 0.15) is 36.3 Å². The molecule has 5 heteroatoms. The van der Waals surface area contributed by atoms with Gasteiger partial charge in [0.2, 0.25) is 0 Å². The van der Waals surface area contributed by atoms with E-state index in [1.165, 1.54) is 30.5 Å². The van der Waals surface area contributed by atoms with Crippen molar-refractivity contribution in [3.05, 3.63) is 17.1 Å². The van der Waals surface area contributed by atoms with Gasteiger partial charge in [0.25, 0.3) is 0 Å². The summed E-state index contributed by atoms with van der Waals surface area (Å²) in [5.41, 5.74) is 5.12. The van der Waals surface area contributed by atoms with Gasteiger partial charge in [-0.2, -0.15) is 0 Å². The number of rotatable bonds is 3. The third-order valence-electron chi connectivity index (χ3n) is 3.07. The minimum absolute atomic E-state index is 0.752. The van der Waals surface area contributed by atoms with E-state index >= 15 is 0 Å². The fourth-order valence-electron chi connectivity index (χ4n) is 2.29. The lowest BCUT2D eigenvalue weighted by molar-refractivity contribution is 0.389. The summed E-state index contributed by atoms with van der Waals surface area (Å²) in [6.07, 6.45) is 5.78. The number of fused-ring (bicyclic) bond motifs is 1. The zero-order valence-electron chi connectivity index (χ0n) is 10.7. The van der Waals surface area contributed by atoms with Gasteiger partial charge in [-0.3, -0.25) is 0 Å². The molecule has 0 amide bonds. The Kier molecular flexibility index (Phi) is 3.91. The van der Waals surface area contributed by atoms with Crippen LogP contribution in [0.3, 0.4) is 0 Å². The molecule has 94 valence electrons. The highest BCUT2D eigenvalue weighted by Gasteiger charge is 2.16. The van der Waals surface area contributed by atoms with Crippen molar-refractivity contribution in [1.82, 2.24) is 14.9 Å². The van der Waals surface area contributed by atoms with Crippen molar-refractivity contribution in [3.8, 4) is 0 Å². The van der Waals surface area contributed by atoms with Crippen molar-refractivity contribution in [2.75, 3.05) is 19.5 Å². The molecule has 0 unspecified atom stereocenters. The lowest BCUT2D eigenvalue weighted by Gasteiger charge is -2.14. The SMILES string of the molecule is CN(C)Cc1nc2c(c(NN)n1)CCCCC2. The van der Waals surface area contributed by atoms with Crippen molar-refractivity contribution < 1.29 is 0 Å². The van der Waals surface area contributed by atoms with Gasteiger partial charge in [-0.15, -0.1) is 0 Å². The Morgan fingerprint density at radius 3 is 2.65 bits per heavy atom. The largest absolute Gasteiger partial charge is 0.308 e. The second-order valence-electron chi connectivity index (χ2n) is 4.86. The highest BCUT2D eigenvalue weighted by atomic mass is 15.3. The molecule has 1 aliphatic carbocycles. The predicted octanol–water partition coefficient (Wildman–Crippen LogP) is 1.09. The summed E-state index contributed by atoms with van der Waals surface area (Å²) in [5, 5.41) is 0. The van der Waals surface area contributed by atoms with Crippen LogP contribution >= 0.6 is 0 Å². The smallest absolute Gasteiger partial charge is 0.147 e. The number of hydrogen-bond donors (Lipinski definition) is 2. The Balaban J connectivity index is 2.36. The van der Waals surface area contributed by atoms with Crippen LogP contribution in [0.15, 0.2) is 0 Å². The van der Waals surface area contributed by atoms with Gasteiger partial charge < -0.3 is 10.3 Å². The van der Waals surface area contributed by atoms with E-state index < -0.39 is 0 Å². The van der Waals surface area contributed by atoms with Crippen LogP contribution in [-0.2, 0) is 19.4 Å². The van der Waals surface area contributed by atoms with Crippen LogP contribution in [0, 0.1) is 0 Å². The van der Waals surface area contributed by atoms with Crippen molar-refractivity contribution in [2.24, 2.45) is 5.84 Å². The lowest BCUT2D eigenvalue weighted by Crippen LogP contribution is -2.19. The first-order chi connectivity index (χ1) is 8.20. The van der Waals surface area contributed by atoms with Gasteiger partial charge in [-0.05, 0) is 39.8 Å². The lowest BCUT2D eigenvalue weighted by atomic mass is 10.1. The van der Waals surface area contributed by atoms with E-state index in [1.54, 1.807) is 0 Å². The molecule has 0 saturated carbocycles. The van der Waals surface area contributed by atoms with Crippen molar-refractivity contribution in [1.29, 1.82) is 0 Å². The highest BCUT2D eigenvalue weighted by Crippen LogP contribution is 2.24. The number of nitrogen functional groups attached to an aromatic ring is 1. The number of hydrazine groups is 1. The maximum atomic E-state index is 5.57. The molecule has 0 fully saturated rings. The standard InChI is InChI=1S/C12H21N5/c1-17(2)8-11-14-10-7-5-3-4-6-9(10)12(15-11)16-13/h3-8,13H2,1-2H3,(H,14,15,16). The van der Waals surface area contributed by atoms with Gasteiger partial charge in [-0.25, -0.2) is 15.8 Å². The Bertz CT molecular complexity index is 389. The molecule has 0 atom stereocenters. The molecular weight excluding hydrogens is 214 g/mol. The topological polar surface area (TPSA) is 67.1 Å². The number of aromatic nitrogens is 2. The summed E-state index contributed by atoms with van der Waals surface area (Å²) in [7, 11) is 4.04. The van der Waals surface area contributed by atoms with Gasteiger partial charge in [0.15, 0.2) is 0 Å². The molecular formula is C12H21N5. The van der Waals surface area contributed by atoms with Crippen LogP contribution in [0.4, 0.5) is 5.82 Å². The quantitative estimate of drug-likeness (QED) is 0.466. The average molecular weight is 235 g/mol. The summed E-state index contributed by atoms with van der Waals surface area (Å²) in [6.45, 7) is 0.752. The summed E-state index contributed by atoms with van der Waals surface area (Å²) < 4.78 is 0. The molecule has 3 N–H and O–H groups in total. The predicted molar refractivity (Wildman–Crippen MR) is 68.5 cm³/mol. The number of nitrogens with one attached hydrogen (secondary N) is 1. The van der Waals surface area contributed by atoms with Crippen molar-refractivity contribution >= 4 is 5.82 Å². The minimum Gasteiger partial charge on any atom is -0.308 e. The summed E-state index contributed by atoms with van der Waals surface area (Å²) in [4.78, 5) is 11.2. The van der Waals surface area contributed by atoms with Gasteiger partial charge >= 0.3 is 0 Å². The van der Waals surface area contributed by atoms with E-state index in [0.29, 0.717) is 0 Å². The first kappa shape index (κ1) is 12.3. The Hall–Kier alpha value is -1.20. The number of anilines is 1. The average Bonchev–Trinajstić information content (AvgIpc) is 2.52. The molecule has 0 spiro atoms. The Morgan fingerprint density at radius 1 is 1.18 bits per heavy atom. The van der Waals surface area contributed by atoms with Crippen LogP contribution in [0.25, 0.3) is 0 Å². The van der Waals surface area contributed by atoms with E-state index in [-0.39, 0.29) is 0 Å². The molecule has 1 aromatic heterocycles. The summed E-state index contributed by atoms with van der Waals surface area (Å²) in [6, 6.07) is 0. The van der Waals surface area contributed by atoms with E-state index in [4.69, 9.17) is 5.84 Å². The Morgan fingerprint density at radius 2 is 1.94 bits per heavy atom. The van der Waals surface area contributed by atoms with Crippen molar-refractivity contribution in [2.45, 2.75) is 38.6 Å². The maximum absolute atomic E-state index is 5.57. The number of hydrogen-bond acceptors (Lipinski definition) is 5. The molecule has 0 bridgehead atoms. The van der Waals surface area contributed by atoms with Crippen molar-refractivity contribution in [3.63, 3.8) is 0 Å². The van der Waals surface area contributed by atoms with E-state index in [1.807, 2.05) is 14.1 Å². The second-order valence-corrected chi connectivity index (χ2v) is 4.86. The molecule has 5 nitrogen and oxygen atoms in total. The highest BCUT2D eigenvalue weighted by molar-refractivity contribution is 5.46. The van der Waals surface area contributed by atoms with Crippen LogP contribution in [0.2, 0.25) is 0 Å². The Labute approximate surface area is 102 Å². The summed E-state index contributed by atoms with van der Waals surface area (Å²) in [5.74, 6) is 7.23. The molecule has 1 heterocycles. The molecule has 0 radical (unpaired) electrons. The van der Waals surface area contributed by atoms with Gasteiger partial charge in [0, 0.05) is 11.3 Å². The van der Waals surface area contributed by atoms with Crippen LogP contribution < -0.4 is 11.3 Å². The molecule has 0 aromatic carbocycles. The van der Waals surface area contributed by atoms with Crippen LogP contribution in [0.5, 0.6) is 0 Å². The molecule has 1 aromatic rings. The number of nitrogens with zero attached hydrogens (tertiary/aromatic N) is 3. The fraction of sp³-hybridized carbons (Fsp3) is 0.667. The van der Waals surface area contributed by atoms with E-state index in [0.717, 1.165) is 31.0 Å². The maximum Gasteiger partial charge on any atom is 0.147 e.